The number of nitrogens with zero attached hydrogens (tertiary/aromatic N) is 2. The highest BCUT2D eigenvalue weighted by Crippen LogP contribution is 2.25. The largest absolute Gasteiger partial charge is 0.326 e. The maximum Gasteiger partial charge on any atom is 0.324 e. The lowest BCUT2D eigenvalue weighted by molar-refractivity contribution is -0.117. The molecule has 1 atom stereocenters. The van der Waals surface area contributed by atoms with Crippen LogP contribution >= 0.6 is 0 Å². The van der Waals surface area contributed by atoms with Crippen LogP contribution in [0.3, 0.4) is 0 Å². The van der Waals surface area contributed by atoms with Crippen LogP contribution in [0.15, 0.2) is 78.9 Å². The zero-order valence-corrected chi connectivity index (χ0v) is 18.7. The van der Waals surface area contributed by atoms with Gasteiger partial charge < -0.3 is 10.2 Å². The third kappa shape index (κ3) is 5.40. The first-order valence-corrected chi connectivity index (χ1v) is 11.3. The number of hydrogen-bond acceptors (Lipinski definition) is 2. The van der Waals surface area contributed by atoms with Crippen molar-refractivity contribution in [2.75, 3.05) is 23.3 Å². The molecule has 4 rings (SSSR count). The van der Waals surface area contributed by atoms with Crippen LogP contribution in [0.2, 0.25) is 0 Å². The minimum absolute atomic E-state index is 0.0493. The van der Waals surface area contributed by atoms with Gasteiger partial charge in [0.1, 0.15) is 5.82 Å². The lowest BCUT2D eigenvalue weighted by atomic mass is 9.95. The molecule has 6 heteroatoms. The highest BCUT2D eigenvalue weighted by Gasteiger charge is 2.27. The molecule has 1 aliphatic rings. The van der Waals surface area contributed by atoms with E-state index in [0.29, 0.717) is 31.7 Å². The number of carbonyl (C=O) groups excluding carboxylic acids is 2. The van der Waals surface area contributed by atoms with Crippen molar-refractivity contribution in [3.63, 3.8) is 0 Å². The Bertz CT molecular complexity index is 1100. The van der Waals surface area contributed by atoms with E-state index in [9.17, 15) is 14.0 Å². The van der Waals surface area contributed by atoms with E-state index in [1.165, 1.54) is 12.1 Å². The first kappa shape index (κ1) is 22.5. The van der Waals surface area contributed by atoms with Gasteiger partial charge in [0.25, 0.3) is 0 Å². The summed E-state index contributed by atoms with van der Waals surface area (Å²) in [6.45, 7) is 3.63. The van der Waals surface area contributed by atoms with E-state index >= 15 is 0 Å². The van der Waals surface area contributed by atoms with Gasteiger partial charge in [-0.25, -0.2) is 9.18 Å². The zero-order chi connectivity index (χ0) is 23.2. The van der Waals surface area contributed by atoms with Gasteiger partial charge in [0, 0.05) is 31.0 Å². The molecular weight excluding hydrogens is 417 g/mol. The van der Waals surface area contributed by atoms with Crippen molar-refractivity contribution in [3.8, 4) is 0 Å². The van der Waals surface area contributed by atoms with E-state index in [4.69, 9.17) is 0 Å². The molecular formula is C27H28FN3O2. The van der Waals surface area contributed by atoms with Gasteiger partial charge in [-0.1, -0.05) is 49.4 Å². The van der Waals surface area contributed by atoms with Crippen molar-refractivity contribution < 1.29 is 14.0 Å². The van der Waals surface area contributed by atoms with E-state index in [1.807, 2.05) is 67.6 Å². The van der Waals surface area contributed by atoms with E-state index in [0.717, 1.165) is 23.2 Å². The molecule has 1 heterocycles. The Morgan fingerprint density at radius 3 is 2.45 bits per heavy atom. The van der Waals surface area contributed by atoms with Gasteiger partial charge in [0.15, 0.2) is 0 Å². The number of halogens is 1. The number of rotatable bonds is 7. The Morgan fingerprint density at radius 2 is 1.76 bits per heavy atom. The van der Waals surface area contributed by atoms with Crippen LogP contribution < -0.4 is 10.2 Å². The second-order valence-corrected chi connectivity index (χ2v) is 8.25. The molecule has 1 fully saturated rings. The van der Waals surface area contributed by atoms with Gasteiger partial charge >= 0.3 is 6.03 Å². The molecule has 1 aliphatic heterocycles. The molecule has 3 aromatic rings. The Morgan fingerprint density at radius 1 is 1.00 bits per heavy atom. The summed E-state index contributed by atoms with van der Waals surface area (Å²) in [5.41, 5.74) is 3.23. The van der Waals surface area contributed by atoms with Crippen LogP contribution in [0.25, 0.3) is 0 Å². The molecule has 1 unspecified atom stereocenters. The van der Waals surface area contributed by atoms with Crippen LogP contribution in [0, 0.1) is 5.82 Å². The fraction of sp³-hybridized carbons (Fsp3) is 0.259. The Balaban J connectivity index is 1.42. The topological polar surface area (TPSA) is 52.7 Å². The Kier molecular flexibility index (Phi) is 7.03. The zero-order valence-electron chi connectivity index (χ0n) is 18.7. The molecule has 0 saturated carbocycles. The van der Waals surface area contributed by atoms with Crippen molar-refractivity contribution in [2.45, 2.75) is 32.2 Å². The quantitative estimate of drug-likeness (QED) is 0.500. The second-order valence-electron chi connectivity index (χ2n) is 8.25. The number of amides is 3. The first-order valence-electron chi connectivity index (χ1n) is 11.3. The van der Waals surface area contributed by atoms with Crippen molar-refractivity contribution >= 4 is 23.3 Å². The molecule has 170 valence electrons. The second kappa shape index (κ2) is 10.3. The molecule has 0 aromatic heterocycles. The Hall–Kier alpha value is -3.67. The van der Waals surface area contributed by atoms with Crippen LogP contribution in [0.5, 0.6) is 0 Å². The lowest BCUT2D eigenvalue weighted by Crippen LogP contribution is -2.49. The molecule has 0 bridgehead atoms. The summed E-state index contributed by atoms with van der Waals surface area (Å²) in [6.07, 6.45) is 1.53. The number of urea groups is 1. The minimum atomic E-state index is -0.302. The predicted molar refractivity (Wildman–Crippen MR) is 129 cm³/mol. The predicted octanol–water partition coefficient (Wildman–Crippen LogP) is 5.79. The monoisotopic (exact) mass is 445 g/mol. The van der Waals surface area contributed by atoms with E-state index < -0.39 is 0 Å². The molecule has 0 aliphatic carbocycles. The summed E-state index contributed by atoms with van der Waals surface area (Å²) in [4.78, 5) is 29.3. The Labute approximate surface area is 193 Å². The van der Waals surface area contributed by atoms with Crippen molar-refractivity contribution in [1.82, 2.24) is 4.90 Å². The van der Waals surface area contributed by atoms with Crippen molar-refractivity contribution in [1.29, 1.82) is 0 Å². The smallest absolute Gasteiger partial charge is 0.324 e. The van der Waals surface area contributed by atoms with Crippen LogP contribution in [-0.2, 0) is 11.3 Å². The molecule has 0 radical (unpaired) electrons. The normalized spacial score (nSPS) is 14.8. The van der Waals surface area contributed by atoms with E-state index in [2.05, 4.69) is 5.32 Å². The SMILES string of the molecule is CCC(C(=O)Nc1ccc(N2CCCN(Cc3cccc(F)c3)C2=O)cc1)c1ccccc1. The van der Waals surface area contributed by atoms with Gasteiger partial charge in [-0.3, -0.25) is 9.69 Å². The van der Waals surface area contributed by atoms with Crippen molar-refractivity contribution in [3.05, 3.63) is 95.8 Å². The molecule has 33 heavy (non-hydrogen) atoms. The minimum Gasteiger partial charge on any atom is -0.326 e. The molecule has 0 spiro atoms. The fourth-order valence-electron chi connectivity index (χ4n) is 4.24. The summed E-state index contributed by atoms with van der Waals surface area (Å²) in [5, 5.41) is 2.99. The fourth-order valence-corrected chi connectivity index (χ4v) is 4.24. The van der Waals surface area contributed by atoms with Gasteiger partial charge in [-0.05, 0) is 60.4 Å². The molecule has 5 nitrogen and oxygen atoms in total. The number of nitrogens with one attached hydrogen (secondary N) is 1. The summed E-state index contributed by atoms with van der Waals surface area (Å²) < 4.78 is 13.5. The highest BCUT2D eigenvalue weighted by atomic mass is 19.1. The van der Waals surface area contributed by atoms with Crippen LogP contribution in [0.1, 0.15) is 36.8 Å². The van der Waals surface area contributed by atoms with E-state index in [-0.39, 0.29) is 23.7 Å². The maximum absolute atomic E-state index is 13.5. The van der Waals surface area contributed by atoms with E-state index in [1.54, 1.807) is 15.9 Å². The summed E-state index contributed by atoms with van der Waals surface area (Å²) in [5.74, 6) is -0.568. The summed E-state index contributed by atoms with van der Waals surface area (Å²) in [6, 6.07) is 23.3. The average Bonchev–Trinajstić information content (AvgIpc) is 2.82. The van der Waals surface area contributed by atoms with Gasteiger partial charge in [0.2, 0.25) is 5.91 Å². The third-order valence-corrected chi connectivity index (χ3v) is 5.95. The van der Waals surface area contributed by atoms with Crippen LogP contribution in [-0.4, -0.2) is 29.9 Å². The standard InChI is InChI=1S/C27H28FN3O2/c1-2-25(21-9-4-3-5-10-21)26(32)29-23-12-14-24(15-13-23)31-17-7-16-30(27(31)33)19-20-8-6-11-22(28)18-20/h3-6,8-15,18,25H,2,7,16-17,19H2,1H3,(H,29,32). The third-order valence-electron chi connectivity index (χ3n) is 5.95. The molecule has 3 amide bonds. The molecule has 1 N–H and O–H groups in total. The highest BCUT2D eigenvalue weighted by molar-refractivity contribution is 5.97. The number of hydrogen-bond donors (Lipinski definition) is 1. The van der Waals surface area contributed by atoms with Crippen LogP contribution in [0.4, 0.5) is 20.6 Å². The van der Waals surface area contributed by atoms with Gasteiger partial charge in [0.05, 0.1) is 5.92 Å². The summed E-state index contributed by atoms with van der Waals surface area (Å²) in [7, 11) is 0. The number of carbonyl (C=O) groups is 2. The van der Waals surface area contributed by atoms with Gasteiger partial charge in [-0.15, -0.1) is 0 Å². The number of anilines is 2. The molecule has 1 saturated heterocycles. The average molecular weight is 446 g/mol. The number of benzene rings is 3. The lowest BCUT2D eigenvalue weighted by Gasteiger charge is -2.35. The molecule has 3 aromatic carbocycles. The van der Waals surface area contributed by atoms with Crippen molar-refractivity contribution in [2.24, 2.45) is 0 Å². The van der Waals surface area contributed by atoms with Gasteiger partial charge in [-0.2, -0.15) is 0 Å². The maximum atomic E-state index is 13.5. The first-order chi connectivity index (χ1) is 16.0. The summed E-state index contributed by atoms with van der Waals surface area (Å²) >= 11 is 0.